The molecule has 0 aliphatic carbocycles. The Hall–Kier alpha value is -1.95. The number of anilines is 2. The van der Waals surface area contributed by atoms with E-state index in [0.717, 1.165) is 0 Å². The van der Waals surface area contributed by atoms with E-state index in [1.807, 2.05) is 0 Å². The van der Waals surface area contributed by atoms with Crippen LogP contribution in [0.25, 0.3) is 0 Å². The van der Waals surface area contributed by atoms with Crippen LogP contribution in [0.4, 0.5) is 20.3 Å². The fraction of sp³-hybridized carbons (Fsp3) is 0.0909. The van der Waals surface area contributed by atoms with Crippen LogP contribution in [0.2, 0.25) is 5.15 Å². The normalized spacial score (nSPS) is 10.4. The Balaban J connectivity index is 2.23. The van der Waals surface area contributed by atoms with Gasteiger partial charge in [0.05, 0.1) is 5.69 Å². The minimum absolute atomic E-state index is 0.0298. The molecule has 0 atom stereocenters. The topological polar surface area (TPSA) is 47.0 Å². The van der Waals surface area contributed by atoms with E-state index in [1.54, 1.807) is 18.2 Å². The number of hydrogen-bond donors (Lipinski definition) is 1. The quantitative estimate of drug-likeness (QED) is 0.865. The Morgan fingerprint density at radius 3 is 2.72 bits per heavy atom. The van der Waals surface area contributed by atoms with E-state index in [4.69, 9.17) is 11.6 Å². The van der Waals surface area contributed by atoms with E-state index < -0.39 is 6.61 Å². The maximum absolute atomic E-state index is 12.2. The van der Waals surface area contributed by atoms with Gasteiger partial charge in [-0.25, -0.2) is 9.97 Å². The molecular weight excluding hydrogens is 264 g/mol. The van der Waals surface area contributed by atoms with Gasteiger partial charge in [-0.2, -0.15) is 8.78 Å². The van der Waals surface area contributed by atoms with Crippen LogP contribution in [0.3, 0.4) is 0 Å². The molecule has 0 saturated carbocycles. The Kier molecular flexibility index (Phi) is 3.88. The van der Waals surface area contributed by atoms with Crippen LogP contribution in [-0.4, -0.2) is 16.6 Å². The lowest BCUT2D eigenvalue weighted by Crippen LogP contribution is -2.04. The SMILES string of the molecule is FC(F)Oc1ccccc1Nc1cc(Cl)ncn1. The van der Waals surface area contributed by atoms with E-state index in [9.17, 15) is 8.78 Å². The van der Waals surface area contributed by atoms with Gasteiger partial charge < -0.3 is 10.1 Å². The summed E-state index contributed by atoms with van der Waals surface area (Å²) in [5.41, 5.74) is 0.368. The molecule has 0 aliphatic rings. The zero-order chi connectivity index (χ0) is 13.0. The molecule has 94 valence electrons. The number of nitrogens with zero attached hydrogens (tertiary/aromatic N) is 2. The standard InChI is InChI=1S/C11H8ClF2N3O/c12-9-5-10(16-6-15-9)17-7-3-1-2-4-8(7)18-11(13)14/h1-6,11H,(H,15,16,17). The van der Waals surface area contributed by atoms with Crippen LogP contribution in [0.1, 0.15) is 0 Å². The Bertz CT molecular complexity index is 539. The molecule has 0 bridgehead atoms. The molecule has 4 nitrogen and oxygen atoms in total. The first-order valence-corrected chi connectivity index (χ1v) is 5.31. The summed E-state index contributed by atoms with van der Waals surface area (Å²) in [6, 6.07) is 7.77. The summed E-state index contributed by atoms with van der Waals surface area (Å²) in [6.07, 6.45) is 1.27. The van der Waals surface area contributed by atoms with Crippen molar-refractivity contribution in [2.75, 3.05) is 5.32 Å². The van der Waals surface area contributed by atoms with Crippen molar-refractivity contribution in [3.63, 3.8) is 0 Å². The third-order valence-corrected chi connectivity index (χ3v) is 2.21. The minimum atomic E-state index is -2.89. The smallest absolute Gasteiger partial charge is 0.387 e. The maximum atomic E-state index is 12.2. The third-order valence-electron chi connectivity index (χ3n) is 2.00. The monoisotopic (exact) mass is 271 g/mol. The number of hydrogen-bond acceptors (Lipinski definition) is 4. The van der Waals surface area contributed by atoms with Gasteiger partial charge in [0.15, 0.2) is 0 Å². The third kappa shape index (κ3) is 3.27. The molecule has 18 heavy (non-hydrogen) atoms. The highest BCUT2D eigenvalue weighted by Gasteiger charge is 2.09. The molecule has 1 N–H and O–H groups in total. The number of alkyl halides is 2. The van der Waals surface area contributed by atoms with Crippen molar-refractivity contribution in [3.05, 3.63) is 41.8 Å². The van der Waals surface area contributed by atoms with Gasteiger partial charge >= 0.3 is 6.61 Å². The van der Waals surface area contributed by atoms with Gasteiger partial charge in [0, 0.05) is 6.07 Å². The lowest BCUT2D eigenvalue weighted by molar-refractivity contribution is -0.0493. The zero-order valence-corrected chi connectivity index (χ0v) is 9.73. The fourth-order valence-corrected chi connectivity index (χ4v) is 1.46. The Morgan fingerprint density at radius 2 is 2.00 bits per heavy atom. The van der Waals surface area contributed by atoms with Crippen molar-refractivity contribution in [3.8, 4) is 5.75 Å². The van der Waals surface area contributed by atoms with E-state index in [-0.39, 0.29) is 10.9 Å². The summed E-state index contributed by atoms with van der Waals surface area (Å²) in [5.74, 6) is 0.419. The average molecular weight is 272 g/mol. The number of ether oxygens (including phenoxy) is 1. The highest BCUT2D eigenvalue weighted by molar-refractivity contribution is 6.29. The van der Waals surface area contributed by atoms with Crippen LogP contribution in [0.5, 0.6) is 5.75 Å². The molecule has 0 unspecified atom stereocenters. The first-order chi connectivity index (χ1) is 8.65. The number of benzene rings is 1. The molecule has 0 spiro atoms. The molecule has 1 aromatic carbocycles. The predicted molar refractivity (Wildman–Crippen MR) is 63.4 cm³/mol. The van der Waals surface area contributed by atoms with Gasteiger partial charge in [0.2, 0.25) is 0 Å². The second-order valence-electron chi connectivity index (χ2n) is 3.23. The summed E-state index contributed by atoms with van der Waals surface area (Å²) in [6.45, 7) is -2.89. The van der Waals surface area contributed by atoms with Gasteiger partial charge in [-0.05, 0) is 12.1 Å². The molecule has 2 rings (SSSR count). The van der Waals surface area contributed by atoms with Crippen LogP contribution in [-0.2, 0) is 0 Å². The van der Waals surface area contributed by atoms with Gasteiger partial charge in [-0.1, -0.05) is 23.7 Å². The maximum Gasteiger partial charge on any atom is 0.387 e. The molecule has 7 heteroatoms. The second-order valence-corrected chi connectivity index (χ2v) is 3.61. The van der Waals surface area contributed by atoms with Crippen LogP contribution >= 0.6 is 11.6 Å². The van der Waals surface area contributed by atoms with Crippen molar-refractivity contribution < 1.29 is 13.5 Å². The summed E-state index contributed by atoms with van der Waals surface area (Å²) in [7, 11) is 0. The first-order valence-electron chi connectivity index (χ1n) is 4.93. The molecular formula is C11H8ClF2N3O. The molecule has 0 aliphatic heterocycles. The lowest BCUT2D eigenvalue weighted by Gasteiger charge is -2.11. The van der Waals surface area contributed by atoms with E-state index in [0.29, 0.717) is 11.5 Å². The molecule has 1 heterocycles. The number of para-hydroxylation sites is 2. The van der Waals surface area contributed by atoms with Gasteiger partial charge in [0.1, 0.15) is 23.0 Å². The first kappa shape index (κ1) is 12.5. The van der Waals surface area contributed by atoms with Gasteiger partial charge in [0.25, 0.3) is 0 Å². The summed E-state index contributed by atoms with van der Waals surface area (Å²) >= 11 is 5.69. The van der Waals surface area contributed by atoms with Crippen LogP contribution in [0, 0.1) is 0 Å². The van der Waals surface area contributed by atoms with E-state index >= 15 is 0 Å². The molecule has 1 aromatic heterocycles. The van der Waals surface area contributed by atoms with Crippen molar-refractivity contribution >= 4 is 23.1 Å². The number of halogens is 3. The lowest BCUT2D eigenvalue weighted by atomic mass is 10.3. The number of nitrogens with one attached hydrogen (secondary N) is 1. The Labute approximate surface area is 107 Å². The largest absolute Gasteiger partial charge is 0.433 e. The van der Waals surface area contributed by atoms with Crippen molar-refractivity contribution in [2.24, 2.45) is 0 Å². The van der Waals surface area contributed by atoms with E-state index in [1.165, 1.54) is 18.5 Å². The predicted octanol–water partition coefficient (Wildman–Crippen LogP) is 3.48. The van der Waals surface area contributed by atoms with Crippen molar-refractivity contribution in [2.45, 2.75) is 6.61 Å². The number of aromatic nitrogens is 2. The Morgan fingerprint density at radius 1 is 1.22 bits per heavy atom. The highest BCUT2D eigenvalue weighted by atomic mass is 35.5. The van der Waals surface area contributed by atoms with Crippen LogP contribution < -0.4 is 10.1 Å². The molecule has 0 amide bonds. The minimum Gasteiger partial charge on any atom is -0.433 e. The van der Waals surface area contributed by atoms with E-state index in [2.05, 4.69) is 20.0 Å². The summed E-state index contributed by atoms with van der Waals surface area (Å²) < 4.78 is 28.8. The number of rotatable bonds is 4. The molecule has 0 fully saturated rings. The molecule has 2 aromatic rings. The van der Waals surface area contributed by atoms with Gasteiger partial charge in [-0.3, -0.25) is 0 Å². The van der Waals surface area contributed by atoms with Crippen molar-refractivity contribution in [1.29, 1.82) is 0 Å². The summed E-state index contributed by atoms with van der Waals surface area (Å²) in [5, 5.41) is 3.07. The fourth-order valence-electron chi connectivity index (χ4n) is 1.31. The average Bonchev–Trinajstić information content (AvgIpc) is 2.31. The summed E-state index contributed by atoms with van der Waals surface area (Å²) in [4.78, 5) is 7.62. The molecule has 0 saturated heterocycles. The van der Waals surface area contributed by atoms with Gasteiger partial charge in [-0.15, -0.1) is 0 Å². The van der Waals surface area contributed by atoms with Crippen molar-refractivity contribution in [1.82, 2.24) is 9.97 Å². The zero-order valence-electron chi connectivity index (χ0n) is 8.98. The van der Waals surface area contributed by atoms with Crippen LogP contribution in [0.15, 0.2) is 36.7 Å². The highest BCUT2D eigenvalue weighted by Crippen LogP contribution is 2.28. The second kappa shape index (κ2) is 5.59. The molecule has 0 radical (unpaired) electrons.